The Morgan fingerprint density at radius 3 is 1.37 bits per heavy atom. The number of aliphatic hydroxyl groups excluding tert-OH is 5. The standard InChI is InChI=1S/C70H125NO10/c1-4-7-10-13-16-19-22-25-26-27-28-29-30-31-32-33-34-35-36-37-40-42-45-48-51-54-57-63(74)69(78)71-61(62(73)56-53-50-47-44-41-38-23-20-17-14-11-8-5-2)60-79-70-68(67(77)66(76)64(59-72)80-70)81-65(75)58-55-52-49-46-43-39-24-21-18-15-12-9-6-3/h9,12,15,18,21,24-26,39,43,53,56,61-64,66-68,70,72-74,76-77H,4-8,10-11,13-14,16-17,19-20,22-23,27-38,40-42,44-52,54-55,57-60H2,1-3H3,(H,71,78)/b12-9+,18-15+,24-21-,26-25+,43-39-,56-53+. The van der Waals surface area contributed by atoms with Crippen LogP contribution in [-0.2, 0) is 23.8 Å². The fourth-order valence-electron chi connectivity index (χ4n) is 10.4. The monoisotopic (exact) mass is 1140 g/mol. The molecule has 8 unspecified atom stereocenters. The van der Waals surface area contributed by atoms with Gasteiger partial charge in [-0.3, -0.25) is 9.59 Å². The van der Waals surface area contributed by atoms with Gasteiger partial charge in [0.25, 0.3) is 0 Å². The number of carbonyl (C=O) groups excluding carboxylic acids is 2. The number of amides is 1. The summed E-state index contributed by atoms with van der Waals surface area (Å²) in [7, 11) is 0. The van der Waals surface area contributed by atoms with E-state index in [2.05, 4.69) is 50.4 Å². The second kappa shape index (κ2) is 57.5. The molecule has 11 nitrogen and oxygen atoms in total. The maximum absolute atomic E-state index is 13.5. The van der Waals surface area contributed by atoms with Crippen LogP contribution < -0.4 is 5.32 Å². The van der Waals surface area contributed by atoms with Gasteiger partial charge in [-0.25, -0.2) is 0 Å². The Bertz CT molecular complexity index is 1590. The average Bonchev–Trinajstić information content (AvgIpc) is 3.50. The Morgan fingerprint density at radius 2 is 0.901 bits per heavy atom. The number of esters is 1. The summed E-state index contributed by atoms with van der Waals surface area (Å²) in [4.78, 5) is 26.6. The van der Waals surface area contributed by atoms with E-state index in [1.54, 1.807) is 6.08 Å². The van der Waals surface area contributed by atoms with Crippen LogP contribution in [0.25, 0.3) is 0 Å². The predicted octanol–water partition coefficient (Wildman–Crippen LogP) is 16.7. The van der Waals surface area contributed by atoms with Crippen LogP contribution in [0.4, 0.5) is 0 Å². The third kappa shape index (κ3) is 45.2. The van der Waals surface area contributed by atoms with Gasteiger partial charge >= 0.3 is 5.97 Å². The highest BCUT2D eigenvalue weighted by atomic mass is 16.7. The molecular weight excluding hydrogens is 1010 g/mol. The summed E-state index contributed by atoms with van der Waals surface area (Å²) in [6.07, 6.45) is 63.9. The molecule has 0 saturated carbocycles. The predicted molar refractivity (Wildman–Crippen MR) is 338 cm³/mol. The Kier molecular flexibility index (Phi) is 54.1. The zero-order valence-electron chi connectivity index (χ0n) is 52.1. The second-order valence-electron chi connectivity index (χ2n) is 23.3. The molecular formula is C70H125NO10. The first-order chi connectivity index (χ1) is 39.7. The number of hydrogen-bond donors (Lipinski definition) is 6. The van der Waals surface area contributed by atoms with Gasteiger partial charge in [-0.2, -0.15) is 0 Å². The Morgan fingerprint density at radius 1 is 0.494 bits per heavy atom. The van der Waals surface area contributed by atoms with Gasteiger partial charge < -0.3 is 45.1 Å². The summed E-state index contributed by atoms with van der Waals surface area (Å²) in [6.45, 7) is 5.64. The molecule has 470 valence electrons. The van der Waals surface area contributed by atoms with Crippen molar-refractivity contribution < 1.29 is 49.3 Å². The van der Waals surface area contributed by atoms with Gasteiger partial charge in [0.2, 0.25) is 5.91 Å². The van der Waals surface area contributed by atoms with Gasteiger partial charge in [0.1, 0.15) is 24.4 Å². The molecule has 0 bridgehead atoms. The highest BCUT2D eigenvalue weighted by Crippen LogP contribution is 2.26. The van der Waals surface area contributed by atoms with Crippen molar-refractivity contribution in [3.8, 4) is 0 Å². The van der Waals surface area contributed by atoms with Crippen molar-refractivity contribution in [3.63, 3.8) is 0 Å². The van der Waals surface area contributed by atoms with Crippen LogP contribution in [0.5, 0.6) is 0 Å². The van der Waals surface area contributed by atoms with Gasteiger partial charge in [-0.15, -0.1) is 0 Å². The molecule has 8 atom stereocenters. The van der Waals surface area contributed by atoms with Crippen LogP contribution in [0.15, 0.2) is 72.9 Å². The number of carbonyl (C=O) groups is 2. The molecule has 81 heavy (non-hydrogen) atoms. The Labute approximate surface area is 496 Å². The lowest BCUT2D eigenvalue weighted by molar-refractivity contribution is -0.305. The fourth-order valence-corrected chi connectivity index (χ4v) is 10.4. The molecule has 1 aliphatic rings. The minimum Gasteiger partial charge on any atom is -0.454 e. The van der Waals surface area contributed by atoms with E-state index >= 15 is 0 Å². The van der Waals surface area contributed by atoms with Crippen molar-refractivity contribution in [2.45, 2.75) is 346 Å². The fraction of sp³-hybridized carbons (Fsp3) is 0.800. The largest absolute Gasteiger partial charge is 0.454 e. The highest BCUT2D eigenvalue weighted by molar-refractivity contribution is 5.80. The van der Waals surface area contributed by atoms with Crippen molar-refractivity contribution in [2.24, 2.45) is 0 Å². The molecule has 1 heterocycles. The Hall–Kier alpha value is -2.90. The van der Waals surface area contributed by atoms with Crippen LogP contribution in [0, 0.1) is 0 Å². The molecule has 1 aliphatic heterocycles. The third-order valence-electron chi connectivity index (χ3n) is 15.7. The van der Waals surface area contributed by atoms with E-state index in [0.29, 0.717) is 12.8 Å². The van der Waals surface area contributed by atoms with Gasteiger partial charge in [0, 0.05) is 6.42 Å². The molecule has 0 radical (unpaired) electrons. The lowest BCUT2D eigenvalue weighted by atomic mass is 9.99. The first kappa shape index (κ1) is 76.1. The van der Waals surface area contributed by atoms with E-state index in [4.69, 9.17) is 14.2 Å². The van der Waals surface area contributed by atoms with Crippen molar-refractivity contribution in [2.75, 3.05) is 13.2 Å². The summed E-state index contributed by atoms with van der Waals surface area (Å²) in [5.41, 5.74) is 0. The van der Waals surface area contributed by atoms with Gasteiger partial charge in [0.15, 0.2) is 12.4 Å². The van der Waals surface area contributed by atoms with Gasteiger partial charge in [-0.05, 0) is 70.6 Å². The minimum absolute atomic E-state index is 0.0763. The van der Waals surface area contributed by atoms with Crippen LogP contribution in [0.2, 0.25) is 0 Å². The smallest absolute Gasteiger partial charge is 0.306 e. The van der Waals surface area contributed by atoms with E-state index in [9.17, 15) is 35.1 Å². The van der Waals surface area contributed by atoms with Crippen LogP contribution in [0.3, 0.4) is 0 Å². The van der Waals surface area contributed by atoms with Crippen molar-refractivity contribution in [1.29, 1.82) is 0 Å². The molecule has 0 spiro atoms. The summed E-state index contributed by atoms with van der Waals surface area (Å²) in [5, 5.41) is 57.1. The van der Waals surface area contributed by atoms with Crippen LogP contribution >= 0.6 is 0 Å². The van der Waals surface area contributed by atoms with Gasteiger partial charge in [-0.1, -0.05) is 293 Å². The number of unbranched alkanes of at least 4 members (excludes halogenated alkanes) is 36. The van der Waals surface area contributed by atoms with E-state index in [1.165, 1.54) is 186 Å². The molecule has 0 aromatic heterocycles. The van der Waals surface area contributed by atoms with Crippen molar-refractivity contribution in [1.82, 2.24) is 5.32 Å². The number of allylic oxidation sites excluding steroid dienone is 11. The zero-order valence-corrected chi connectivity index (χ0v) is 52.1. The van der Waals surface area contributed by atoms with Crippen LogP contribution in [0.1, 0.15) is 297 Å². The number of hydrogen-bond acceptors (Lipinski definition) is 10. The van der Waals surface area contributed by atoms with E-state index < -0.39 is 67.4 Å². The minimum atomic E-state index is -1.63. The first-order valence-electron chi connectivity index (χ1n) is 33.8. The van der Waals surface area contributed by atoms with Gasteiger partial charge in [0.05, 0.1) is 25.4 Å². The molecule has 1 fully saturated rings. The number of nitrogens with one attached hydrogen (secondary N) is 1. The first-order valence-corrected chi connectivity index (χ1v) is 33.8. The molecule has 0 aliphatic carbocycles. The van der Waals surface area contributed by atoms with E-state index in [-0.39, 0.29) is 19.4 Å². The molecule has 1 amide bonds. The number of aliphatic hydroxyl groups is 5. The summed E-state index contributed by atoms with van der Waals surface area (Å²) in [6, 6.07) is -1.03. The van der Waals surface area contributed by atoms with Crippen molar-refractivity contribution >= 4 is 11.9 Å². The summed E-state index contributed by atoms with van der Waals surface area (Å²) in [5.74, 6) is -1.23. The highest BCUT2D eigenvalue weighted by Gasteiger charge is 2.47. The van der Waals surface area contributed by atoms with Crippen molar-refractivity contribution in [3.05, 3.63) is 72.9 Å². The SMILES string of the molecule is CC/C=C/C=C/C=C\C=C/CCCCCC(=O)OC1C(OCC(NC(=O)C(O)CCCCCCCCCCCCCCCCCC/C=C/CCCCCCCC)C(O)/C=C/CCCCCCCCCCCCC)OC(CO)C(O)C1O. The molecule has 0 aromatic rings. The second-order valence-corrected chi connectivity index (χ2v) is 23.3. The number of rotatable bonds is 57. The zero-order chi connectivity index (χ0) is 58.9. The van der Waals surface area contributed by atoms with E-state index in [0.717, 1.165) is 64.2 Å². The normalized spacial score (nSPS) is 19.1. The molecule has 11 heteroatoms. The third-order valence-corrected chi connectivity index (χ3v) is 15.7. The number of ether oxygens (including phenoxy) is 3. The molecule has 1 saturated heterocycles. The lowest BCUT2D eigenvalue weighted by Gasteiger charge is -2.41. The Balaban J connectivity index is 2.58. The van der Waals surface area contributed by atoms with E-state index in [1.807, 2.05) is 42.5 Å². The quantitative estimate of drug-likeness (QED) is 0.0149. The summed E-state index contributed by atoms with van der Waals surface area (Å²) >= 11 is 0. The topological polar surface area (TPSA) is 175 Å². The van der Waals surface area contributed by atoms with Crippen LogP contribution in [-0.4, -0.2) is 99.6 Å². The maximum Gasteiger partial charge on any atom is 0.306 e. The molecule has 1 rings (SSSR count). The maximum atomic E-state index is 13.5. The molecule has 0 aromatic carbocycles. The average molecular weight is 1140 g/mol. The molecule has 6 N–H and O–H groups in total. The summed E-state index contributed by atoms with van der Waals surface area (Å²) < 4.78 is 17.6. The lowest BCUT2D eigenvalue weighted by Crippen LogP contribution is -2.61.